The quantitative estimate of drug-likeness (QED) is 0.0427. The zero-order valence-electron chi connectivity index (χ0n) is 36.9. The Hall–Kier alpha value is -2.43. The number of aliphatic hydroxyl groups excluding tert-OH is 2. The number of rotatable bonds is 42. The molecule has 1 amide bonds. The normalized spacial score (nSPS) is 13.7. The molecule has 2 unspecified atom stereocenters. The van der Waals surface area contributed by atoms with Gasteiger partial charge in [-0.05, 0) is 70.6 Å². The highest BCUT2D eigenvalue weighted by molar-refractivity contribution is 5.76. The van der Waals surface area contributed by atoms with Gasteiger partial charge < -0.3 is 15.5 Å². The minimum Gasteiger partial charge on any atom is -0.394 e. The van der Waals surface area contributed by atoms with Crippen molar-refractivity contribution in [3.63, 3.8) is 0 Å². The molecule has 0 aliphatic carbocycles. The summed E-state index contributed by atoms with van der Waals surface area (Å²) in [6.45, 7) is 4.14. The van der Waals surface area contributed by atoms with E-state index in [0.29, 0.717) is 12.8 Å². The number of hydrogen-bond acceptors (Lipinski definition) is 3. The number of nitrogens with one attached hydrogen (secondary N) is 1. The highest BCUT2D eigenvalue weighted by Gasteiger charge is 2.17. The number of carbonyl (C=O) groups is 1. The van der Waals surface area contributed by atoms with E-state index in [1.807, 2.05) is 12.2 Å². The molecule has 0 bridgehead atoms. The molecule has 322 valence electrons. The topological polar surface area (TPSA) is 69.6 Å². The average molecular weight is 778 g/mol. The Morgan fingerprint density at radius 3 is 1.23 bits per heavy atom. The number of allylic oxidation sites excluding steroid dienone is 13. The molecule has 0 aliphatic heterocycles. The van der Waals surface area contributed by atoms with Crippen molar-refractivity contribution in [3.8, 4) is 0 Å². The molecule has 0 heterocycles. The fourth-order valence-electron chi connectivity index (χ4n) is 6.75. The predicted molar refractivity (Wildman–Crippen MR) is 248 cm³/mol. The van der Waals surface area contributed by atoms with Gasteiger partial charge in [0.15, 0.2) is 0 Å². The van der Waals surface area contributed by atoms with E-state index in [2.05, 4.69) is 86.0 Å². The summed E-state index contributed by atoms with van der Waals surface area (Å²) >= 11 is 0. The van der Waals surface area contributed by atoms with Gasteiger partial charge >= 0.3 is 0 Å². The summed E-state index contributed by atoms with van der Waals surface area (Å²) < 4.78 is 0. The summed E-state index contributed by atoms with van der Waals surface area (Å²) in [5.74, 6) is -0.160. The number of unbranched alkanes of at least 4 members (excludes halogenated alkanes) is 23. The molecule has 0 aliphatic rings. The van der Waals surface area contributed by atoms with E-state index in [1.54, 1.807) is 6.08 Å². The first-order valence-corrected chi connectivity index (χ1v) is 23.8. The van der Waals surface area contributed by atoms with E-state index in [9.17, 15) is 15.0 Å². The van der Waals surface area contributed by atoms with E-state index in [0.717, 1.165) is 51.4 Å². The molecule has 0 aromatic rings. The molecule has 4 nitrogen and oxygen atoms in total. The summed E-state index contributed by atoms with van der Waals surface area (Å²) in [5.41, 5.74) is 0. The number of aliphatic hydroxyl groups is 2. The summed E-state index contributed by atoms with van der Waals surface area (Å²) in [6, 6.07) is -0.688. The van der Waals surface area contributed by atoms with Crippen LogP contribution in [0.3, 0.4) is 0 Å². The molecular formula is C52H91NO3. The highest BCUT2D eigenvalue weighted by Crippen LogP contribution is 2.15. The van der Waals surface area contributed by atoms with E-state index in [4.69, 9.17) is 0 Å². The molecular weight excluding hydrogens is 687 g/mol. The molecule has 0 saturated heterocycles. The Morgan fingerprint density at radius 1 is 0.446 bits per heavy atom. The summed E-state index contributed by atoms with van der Waals surface area (Å²) in [7, 11) is 0. The van der Waals surface area contributed by atoms with Crippen LogP contribution in [0, 0.1) is 0 Å². The van der Waals surface area contributed by atoms with Crippen molar-refractivity contribution in [3.05, 3.63) is 85.1 Å². The van der Waals surface area contributed by atoms with Crippen LogP contribution in [0.5, 0.6) is 0 Å². The maximum atomic E-state index is 12.3. The van der Waals surface area contributed by atoms with Crippen LogP contribution in [0.4, 0.5) is 0 Å². The van der Waals surface area contributed by atoms with Crippen LogP contribution >= 0.6 is 0 Å². The third-order valence-corrected chi connectivity index (χ3v) is 10.4. The zero-order valence-corrected chi connectivity index (χ0v) is 36.9. The van der Waals surface area contributed by atoms with Gasteiger partial charge in [-0.15, -0.1) is 0 Å². The average Bonchev–Trinajstić information content (AvgIpc) is 3.20. The van der Waals surface area contributed by atoms with Gasteiger partial charge in [0.2, 0.25) is 5.91 Å². The predicted octanol–water partition coefficient (Wildman–Crippen LogP) is 15.2. The molecule has 4 heteroatoms. The van der Waals surface area contributed by atoms with Crippen molar-refractivity contribution in [2.75, 3.05) is 6.61 Å². The Kier molecular flexibility index (Phi) is 44.9. The van der Waals surface area contributed by atoms with Crippen molar-refractivity contribution >= 4 is 5.91 Å². The second kappa shape index (κ2) is 46.9. The number of carbonyl (C=O) groups excluding carboxylic acids is 1. The van der Waals surface area contributed by atoms with Crippen LogP contribution in [0.1, 0.15) is 219 Å². The first-order chi connectivity index (χ1) is 27.7. The molecule has 0 spiro atoms. The van der Waals surface area contributed by atoms with Crippen molar-refractivity contribution in [1.82, 2.24) is 5.32 Å². The van der Waals surface area contributed by atoms with Gasteiger partial charge in [0.05, 0.1) is 18.8 Å². The van der Waals surface area contributed by atoms with Gasteiger partial charge in [0.1, 0.15) is 0 Å². The van der Waals surface area contributed by atoms with E-state index in [-0.39, 0.29) is 12.5 Å². The Morgan fingerprint density at radius 2 is 0.804 bits per heavy atom. The molecule has 0 fully saturated rings. The zero-order chi connectivity index (χ0) is 40.7. The first kappa shape index (κ1) is 53.6. The number of hydrogen-bond donors (Lipinski definition) is 3. The monoisotopic (exact) mass is 778 g/mol. The van der Waals surface area contributed by atoms with Crippen molar-refractivity contribution in [1.29, 1.82) is 0 Å². The molecule has 56 heavy (non-hydrogen) atoms. The number of amides is 1. The smallest absolute Gasteiger partial charge is 0.220 e. The summed E-state index contributed by atoms with van der Waals surface area (Å²) in [5, 5.41) is 22.9. The molecule has 3 N–H and O–H groups in total. The fourth-order valence-corrected chi connectivity index (χ4v) is 6.75. The van der Waals surface area contributed by atoms with Crippen LogP contribution in [-0.4, -0.2) is 34.9 Å². The van der Waals surface area contributed by atoms with Gasteiger partial charge in [0.25, 0.3) is 0 Å². The maximum Gasteiger partial charge on any atom is 0.220 e. The molecule has 2 atom stereocenters. The van der Waals surface area contributed by atoms with E-state index >= 15 is 0 Å². The maximum absolute atomic E-state index is 12.3. The molecule has 0 aromatic heterocycles. The molecule has 0 radical (unpaired) electrons. The first-order valence-electron chi connectivity index (χ1n) is 23.8. The molecule has 0 rings (SSSR count). The lowest BCUT2D eigenvalue weighted by Crippen LogP contribution is -2.45. The minimum atomic E-state index is -0.904. The third kappa shape index (κ3) is 42.7. The Labute approximate surface area is 348 Å². The van der Waals surface area contributed by atoms with E-state index < -0.39 is 12.1 Å². The SMILES string of the molecule is CC/C=C\C/C=C\C/C=C\C/C=C\CCC(=O)NC(CO)C(O)/C=C/CC/C=C/CC/C=C/CCCCCCCCCCCCCCCCCCCCCCC. The molecule has 0 aromatic carbocycles. The van der Waals surface area contributed by atoms with Crippen LogP contribution < -0.4 is 5.32 Å². The second-order valence-corrected chi connectivity index (χ2v) is 15.8. The van der Waals surface area contributed by atoms with Crippen LogP contribution in [0.15, 0.2) is 85.1 Å². The second-order valence-electron chi connectivity index (χ2n) is 15.8. The van der Waals surface area contributed by atoms with Gasteiger partial charge in [-0.25, -0.2) is 0 Å². The van der Waals surface area contributed by atoms with Crippen molar-refractivity contribution in [2.45, 2.75) is 231 Å². The van der Waals surface area contributed by atoms with Crippen LogP contribution in [0.25, 0.3) is 0 Å². The Bertz CT molecular complexity index is 1020. The van der Waals surface area contributed by atoms with Gasteiger partial charge in [-0.3, -0.25) is 4.79 Å². The lowest BCUT2D eigenvalue weighted by molar-refractivity contribution is -0.122. The summed E-state index contributed by atoms with van der Waals surface area (Å²) in [6.07, 6.45) is 68.9. The minimum absolute atomic E-state index is 0.160. The van der Waals surface area contributed by atoms with Crippen LogP contribution in [0.2, 0.25) is 0 Å². The van der Waals surface area contributed by atoms with Crippen molar-refractivity contribution < 1.29 is 15.0 Å². The molecule has 0 saturated carbocycles. The standard InChI is InChI=1S/C52H91NO3/c1-3-5-7-9-11-13-15-17-18-19-20-21-22-23-24-25-26-27-28-29-30-31-32-33-34-36-37-39-41-43-45-47-51(55)50(49-54)53-52(56)48-46-44-42-40-38-35-16-14-12-10-8-6-4-2/h6,8,12,14,32-33,35,37-39,42,44-45,47,50-51,54-55H,3-5,7,9-11,13,15-31,34,36,40-41,43,46,48-49H2,1-2H3,(H,53,56)/b8-6-,14-12-,33-32+,38-35-,39-37+,44-42-,47-45+. The van der Waals surface area contributed by atoms with E-state index in [1.165, 1.54) is 141 Å². The van der Waals surface area contributed by atoms with Gasteiger partial charge in [0, 0.05) is 6.42 Å². The third-order valence-electron chi connectivity index (χ3n) is 10.4. The van der Waals surface area contributed by atoms with Gasteiger partial charge in [-0.2, -0.15) is 0 Å². The fraction of sp³-hybridized carbons (Fsp3) is 0.712. The largest absolute Gasteiger partial charge is 0.394 e. The van der Waals surface area contributed by atoms with Crippen molar-refractivity contribution in [2.24, 2.45) is 0 Å². The van der Waals surface area contributed by atoms with Gasteiger partial charge in [-0.1, -0.05) is 227 Å². The van der Waals surface area contributed by atoms with Crippen LogP contribution in [-0.2, 0) is 4.79 Å². The highest BCUT2D eigenvalue weighted by atomic mass is 16.3. The Balaban J connectivity index is 3.62. The lowest BCUT2D eigenvalue weighted by atomic mass is 10.0. The lowest BCUT2D eigenvalue weighted by Gasteiger charge is -2.19. The summed E-state index contributed by atoms with van der Waals surface area (Å²) in [4.78, 5) is 12.3.